The van der Waals surface area contributed by atoms with Gasteiger partial charge in [0.1, 0.15) is 6.61 Å². The summed E-state index contributed by atoms with van der Waals surface area (Å²) >= 11 is 1.47. The first kappa shape index (κ1) is 13.7. The summed E-state index contributed by atoms with van der Waals surface area (Å²) in [5.74, 6) is 0.238. The predicted octanol–water partition coefficient (Wildman–Crippen LogP) is 3.76. The molecule has 0 heterocycles. The van der Waals surface area contributed by atoms with Crippen molar-refractivity contribution in [2.45, 2.75) is 6.61 Å². The summed E-state index contributed by atoms with van der Waals surface area (Å²) in [6.45, 7) is 0.342. The lowest BCUT2D eigenvalue weighted by Gasteiger charge is -2.06. The zero-order valence-electron chi connectivity index (χ0n) is 10.8. The Morgan fingerprint density at radius 3 is 2.26 bits per heavy atom. The molecule has 2 nitrogen and oxygen atoms in total. The van der Waals surface area contributed by atoms with Gasteiger partial charge in [0.25, 0.3) is 0 Å². The summed E-state index contributed by atoms with van der Waals surface area (Å²) in [6.07, 6.45) is 1.88. The number of esters is 1. The molecule has 0 saturated carbocycles. The number of hydrogen-bond acceptors (Lipinski definition) is 3. The number of carbonyl (C=O) groups is 1. The maximum Gasteiger partial charge on any atom is 0.316 e. The Morgan fingerprint density at radius 1 is 1.00 bits per heavy atom. The lowest BCUT2D eigenvalue weighted by atomic mass is 10.0. The standard InChI is InChI=1S/C16H16O2S/c1-19-12-16(17)18-11-13-7-9-15(10-8-13)14-5-3-2-4-6-14/h2-10H,11-12H2,1H3. The first-order valence-corrected chi connectivity index (χ1v) is 7.48. The average Bonchev–Trinajstić information content (AvgIpc) is 2.47. The van der Waals surface area contributed by atoms with E-state index in [1.165, 1.54) is 22.9 Å². The number of benzene rings is 2. The lowest BCUT2D eigenvalue weighted by molar-refractivity contribution is -0.141. The fourth-order valence-electron chi connectivity index (χ4n) is 1.75. The number of ether oxygens (including phenoxy) is 1. The topological polar surface area (TPSA) is 26.3 Å². The van der Waals surface area contributed by atoms with Crippen molar-refractivity contribution in [1.82, 2.24) is 0 Å². The van der Waals surface area contributed by atoms with E-state index in [0.717, 1.165) is 5.56 Å². The van der Waals surface area contributed by atoms with Crippen LogP contribution in [0.2, 0.25) is 0 Å². The second-order valence-electron chi connectivity index (χ2n) is 4.16. The van der Waals surface area contributed by atoms with Crippen molar-refractivity contribution in [2.24, 2.45) is 0 Å². The van der Waals surface area contributed by atoms with Gasteiger partial charge in [-0.2, -0.15) is 11.8 Å². The third-order valence-electron chi connectivity index (χ3n) is 2.72. The van der Waals surface area contributed by atoms with Crippen molar-refractivity contribution in [3.63, 3.8) is 0 Å². The molecule has 0 unspecified atom stereocenters. The van der Waals surface area contributed by atoms with E-state index in [9.17, 15) is 4.79 Å². The molecule has 2 aromatic carbocycles. The molecule has 0 spiro atoms. The molecule has 0 radical (unpaired) electrons. The zero-order chi connectivity index (χ0) is 13.5. The molecule has 98 valence electrons. The summed E-state index contributed by atoms with van der Waals surface area (Å²) < 4.78 is 5.15. The van der Waals surface area contributed by atoms with E-state index in [1.54, 1.807) is 0 Å². The Labute approximate surface area is 117 Å². The summed E-state index contributed by atoms with van der Waals surface area (Å²) in [5.41, 5.74) is 3.36. The van der Waals surface area contributed by atoms with Gasteiger partial charge in [0, 0.05) is 0 Å². The predicted molar refractivity (Wildman–Crippen MR) is 80.1 cm³/mol. The Morgan fingerprint density at radius 2 is 1.63 bits per heavy atom. The molecular weight excluding hydrogens is 256 g/mol. The van der Waals surface area contributed by atoms with Gasteiger partial charge < -0.3 is 4.74 Å². The summed E-state index contributed by atoms with van der Waals surface area (Å²) in [5, 5.41) is 0. The quantitative estimate of drug-likeness (QED) is 0.775. The molecule has 0 aliphatic heterocycles. The second-order valence-corrected chi connectivity index (χ2v) is 5.02. The minimum Gasteiger partial charge on any atom is -0.460 e. The molecular formula is C16H16O2S. The Bertz CT molecular complexity index is 520. The van der Waals surface area contributed by atoms with Gasteiger partial charge in [-0.25, -0.2) is 0 Å². The van der Waals surface area contributed by atoms with Crippen LogP contribution in [0, 0.1) is 0 Å². The van der Waals surface area contributed by atoms with Gasteiger partial charge in [-0.3, -0.25) is 4.79 Å². The Hall–Kier alpha value is -1.74. The number of rotatable bonds is 5. The molecule has 19 heavy (non-hydrogen) atoms. The van der Waals surface area contributed by atoms with Gasteiger partial charge >= 0.3 is 5.97 Å². The normalized spacial score (nSPS) is 10.2. The van der Waals surface area contributed by atoms with Gasteiger partial charge in [-0.15, -0.1) is 0 Å². The average molecular weight is 272 g/mol. The van der Waals surface area contributed by atoms with Crippen LogP contribution in [-0.2, 0) is 16.1 Å². The van der Waals surface area contributed by atoms with E-state index in [-0.39, 0.29) is 5.97 Å². The van der Waals surface area contributed by atoms with Crippen molar-refractivity contribution in [1.29, 1.82) is 0 Å². The molecule has 0 amide bonds. The van der Waals surface area contributed by atoms with E-state index >= 15 is 0 Å². The molecule has 0 aliphatic rings. The van der Waals surface area contributed by atoms with E-state index in [0.29, 0.717) is 12.4 Å². The minimum atomic E-state index is -0.167. The maximum atomic E-state index is 11.3. The maximum absolute atomic E-state index is 11.3. The smallest absolute Gasteiger partial charge is 0.316 e. The van der Waals surface area contributed by atoms with Crippen LogP contribution in [-0.4, -0.2) is 18.0 Å². The molecule has 0 aliphatic carbocycles. The molecule has 0 fully saturated rings. The van der Waals surface area contributed by atoms with Crippen LogP contribution >= 0.6 is 11.8 Å². The summed E-state index contributed by atoms with van der Waals surface area (Å²) in [7, 11) is 0. The first-order chi connectivity index (χ1) is 9.29. The molecule has 0 bridgehead atoms. The van der Waals surface area contributed by atoms with Crippen LogP contribution in [0.3, 0.4) is 0 Å². The third-order valence-corrected chi connectivity index (χ3v) is 3.25. The zero-order valence-corrected chi connectivity index (χ0v) is 11.7. The van der Waals surface area contributed by atoms with Crippen LogP contribution in [0.1, 0.15) is 5.56 Å². The van der Waals surface area contributed by atoms with Gasteiger partial charge in [0.05, 0.1) is 5.75 Å². The highest BCUT2D eigenvalue weighted by Gasteiger charge is 2.02. The van der Waals surface area contributed by atoms with Gasteiger partial charge in [0.2, 0.25) is 0 Å². The molecule has 0 saturated heterocycles. The van der Waals surface area contributed by atoms with Gasteiger partial charge in [0.15, 0.2) is 0 Å². The Kier molecular flexibility index (Phi) is 5.04. The number of hydrogen-bond donors (Lipinski definition) is 0. The van der Waals surface area contributed by atoms with Crippen molar-refractivity contribution < 1.29 is 9.53 Å². The molecule has 0 aromatic heterocycles. The van der Waals surface area contributed by atoms with E-state index in [2.05, 4.69) is 12.1 Å². The SMILES string of the molecule is CSCC(=O)OCc1ccc(-c2ccccc2)cc1. The second kappa shape index (κ2) is 7.00. The molecule has 3 heteroatoms. The summed E-state index contributed by atoms with van der Waals surface area (Å²) in [6, 6.07) is 18.3. The highest BCUT2D eigenvalue weighted by atomic mass is 32.2. The van der Waals surface area contributed by atoms with Crippen molar-refractivity contribution in [3.05, 3.63) is 60.2 Å². The van der Waals surface area contributed by atoms with Gasteiger partial charge in [-0.1, -0.05) is 54.6 Å². The lowest BCUT2D eigenvalue weighted by Crippen LogP contribution is -2.06. The minimum absolute atomic E-state index is 0.167. The van der Waals surface area contributed by atoms with Crippen LogP contribution in [0.5, 0.6) is 0 Å². The van der Waals surface area contributed by atoms with Crippen LogP contribution in [0.25, 0.3) is 11.1 Å². The van der Waals surface area contributed by atoms with Crippen LogP contribution in [0.4, 0.5) is 0 Å². The first-order valence-electron chi connectivity index (χ1n) is 6.08. The van der Waals surface area contributed by atoms with E-state index in [1.807, 2.05) is 48.7 Å². The van der Waals surface area contributed by atoms with Crippen molar-refractivity contribution in [3.8, 4) is 11.1 Å². The summed E-state index contributed by atoms with van der Waals surface area (Å²) in [4.78, 5) is 11.3. The fraction of sp³-hybridized carbons (Fsp3) is 0.188. The van der Waals surface area contributed by atoms with Crippen molar-refractivity contribution >= 4 is 17.7 Å². The van der Waals surface area contributed by atoms with E-state index < -0.39 is 0 Å². The Balaban J connectivity index is 1.97. The highest BCUT2D eigenvalue weighted by molar-refractivity contribution is 7.99. The molecule has 0 N–H and O–H groups in total. The van der Waals surface area contributed by atoms with Crippen LogP contribution in [0.15, 0.2) is 54.6 Å². The third kappa shape index (κ3) is 4.14. The highest BCUT2D eigenvalue weighted by Crippen LogP contribution is 2.19. The van der Waals surface area contributed by atoms with E-state index in [4.69, 9.17) is 4.74 Å². The molecule has 0 atom stereocenters. The monoisotopic (exact) mass is 272 g/mol. The number of carbonyl (C=O) groups excluding carboxylic acids is 1. The molecule has 2 aromatic rings. The fourth-order valence-corrected chi connectivity index (χ4v) is 2.07. The van der Waals surface area contributed by atoms with Crippen LogP contribution < -0.4 is 0 Å². The van der Waals surface area contributed by atoms with Crippen molar-refractivity contribution in [2.75, 3.05) is 12.0 Å². The number of thioether (sulfide) groups is 1. The molecule has 2 rings (SSSR count). The largest absolute Gasteiger partial charge is 0.460 e. The van der Waals surface area contributed by atoms with Gasteiger partial charge in [-0.05, 0) is 22.9 Å².